The first-order chi connectivity index (χ1) is 9.02. The van der Waals surface area contributed by atoms with Gasteiger partial charge >= 0.3 is 0 Å². The number of benzene rings is 1. The zero-order valence-corrected chi connectivity index (χ0v) is 14.2. The third-order valence-corrected chi connectivity index (χ3v) is 5.16. The van der Waals surface area contributed by atoms with E-state index in [1.807, 2.05) is 11.4 Å². The van der Waals surface area contributed by atoms with Crippen molar-refractivity contribution in [3.8, 4) is 0 Å². The van der Waals surface area contributed by atoms with Crippen LogP contribution in [0.5, 0.6) is 0 Å². The lowest BCUT2D eigenvalue weighted by Gasteiger charge is -2.16. The maximum Gasteiger partial charge on any atom is 0.143 e. The topological polar surface area (TPSA) is 38.0 Å². The zero-order valence-electron chi connectivity index (χ0n) is 9.59. The molecule has 0 aliphatic carbocycles. The number of hydrogen-bond acceptors (Lipinski definition) is 3. The van der Waals surface area contributed by atoms with Crippen molar-refractivity contribution in [3.63, 3.8) is 0 Å². The van der Waals surface area contributed by atoms with E-state index in [-0.39, 0.29) is 22.5 Å². The standard InChI is InChI=1S/C12H10BrF2IN2S/c13-8-1-2-9(14)7(12(8)15)4-10(18-17)6-3-11(16)19-5-6/h1-3,5,10,18H,4,17H2. The molecule has 3 N–H and O–H groups in total. The van der Waals surface area contributed by atoms with E-state index >= 15 is 0 Å². The van der Waals surface area contributed by atoms with Crippen molar-refractivity contribution in [1.82, 2.24) is 5.43 Å². The molecule has 0 aliphatic heterocycles. The van der Waals surface area contributed by atoms with Crippen LogP contribution in [0.1, 0.15) is 17.2 Å². The summed E-state index contributed by atoms with van der Waals surface area (Å²) in [6, 6.07) is 4.22. The minimum atomic E-state index is -0.579. The summed E-state index contributed by atoms with van der Waals surface area (Å²) in [6.07, 6.45) is 0.153. The quantitative estimate of drug-likeness (QED) is 0.313. The van der Waals surface area contributed by atoms with Gasteiger partial charge in [0.05, 0.1) is 13.4 Å². The highest BCUT2D eigenvalue weighted by atomic mass is 127. The highest BCUT2D eigenvalue weighted by Gasteiger charge is 2.19. The van der Waals surface area contributed by atoms with Crippen LogP contribution in [0.3, 0.4) is 0 Å². The fourth-order valence-electron chi connectivity index (χ4n) is 1.74. The molecule has 102 valence electrons. The molecular weight excluding hydrogens is 449 g/mol. The fraction of sp³-hybridized carbons (Fsp3) is 0.167. The number of nitrogens with one attached hydrogen (secondary N) is 1. The summed E-state index contributed by atoms with van der Waals surface area (Å²) in [6.45, 7) is 0. The Balaban J connectivity index is 2.31. The van der Waals surface area contributed by atoms with Gasteiger partial charge in [-0.1, -0.05) is 0 Å². The molecule has 1 heterocycles. The first kappa shape index (κ1) is 15.3. The lowest BCUT2D eigenvalue weighted by molar-refractivity contribution is 0.498. The van der Waals surface area contributed by atoms with Crippen molar-refractivity contribution < 1.29 is 8.78 Å². The predicted molar refractivity (Wildman–Crippen MR) is 84.9 cm³/mol. The molecule has 1 unspecified atom stereocenters. The van der Waals surface area contributed by atoms with Crippen molar-refractivity contribution in [2.75, 3.05) is 0 Å². The molecule has 19 heavy (non-hydrogen) atoms. The molecule has 1 aromatic carbocycles. The molecule has 0 saturated heterocycles. The van der Waals surface area contributed by atoms with E-state index in [1.165, 1.54) is 12.1 Å². The zero-order chi connectivity index (χ0) is 14.0. The molecule has 2 nitrogen and oxygen atoms in total. The van der Waals surface area contributed by atoms with Gasteiger partial charge < -0.3 is 0 Å². The number of halogens is 4. The van der Waals surface area contributed by atoms with E-state index in [0.29, 0.717) is 0 Å². The minimum Gasteiger partial charge on any atom is -0.271 e. The summed E-state index contributed by atoms with van der Waals surface area (Å²) in [5.41, 5.74) is 3.56. The summed E-state index contributed by atoms with van der Waals surface area (Å²) in [5, 5.41) is 1.93. The van der Waals surface area contributed by atoms with Gasteiger partial charge in [-0.25, -0.2) is 8.78 Å². The van der Waals surface area contributed by atoms with Gasteiger partial charge in [-0.05, 0) is 74.1 Å². The van der Waals surface area contributed by atoms with Crippen LogP contribution in [0, 0.1) is 14.5 Å². The van der Waals surface area contributed by atoms with Gasteiger partial charge in [-0.15, -0.1) is 11.3 Å². The SMILES string of the molecule is NNC(Cc1c(F)ccc(Br)c1F)c1csc(I)c1. The molecule has 0 bridgehead atoms. The lowest BCUT2D eigenvalue weighted by Crippen LogP contribution is -2.29. The summed E-state index contributed by atoms with van der Waals surface area (Å²) in [7, 11) is 0. The van der Waals surface area contributed by atoms with Gasteiger partial charge in [0.1, 0.15) is 11.6 Å². The first-order valence-electron chi connectivity index (χ1n) is 5.35. The van der Waals surface area contributed by atoms with Crippen molar-refractivity contribution in [1.29, 1.82) is 0 Å². The Morgan fingerprint density at radius 3 is 2.74 bits per heavy atom. The predicted octanol–water partition coefficient (Wildman–Crippen LogP) is 4.14. The van der Waals surface area contributed by atoms with Crippen LogP contribution < -0.4 is 11.3 Å². The number of nitrogens with two attached hydrogens (primary N) is 1. The van der Waals surface area contributed by atoms with Crippen molar-refractivity contribution >= 4 is 49.9 Å². The smallest absolute Gasteiger partial charge is 0.143 e. The summed E-state index contributed by atoms with van der Waals surface area (Å²) >= 11 is 6.82. The second-order valence-corrected chi connectivity index (χ2v) is 7.59. The molecule has 1 atom stereocenters. The molecule has 1 aromatic heterocycles. The van der Waals surface area contributed by atoms with Gasteiger partial charge in [0.2, 0.25) is 0 Å². The maximum atomic E-state index is 13.9. The van der Waals surface area contributed by atoms with Gasteiger partial charge in [-0.3, -0.25) is 11.3 Å². The van der Waals surface area contributed by atoms with Crippen molar-refractivity contribution in [2.24, 2.45) is 5.84 Å². The Labute approximate surface area is 135 Å². The summed E-state index contributed by atoms with van der Waals surface area (Å²) < 4.78 is 29.0. The van der Waals surface area contributed by atoms with Gasteiger partial charge in [0, 0.05) is 5.56 Å². The van der Waals surface area contributed by atoms with Crippen molar-refractivity contribution in [3.05, 3.63) is 53.7 Å². The van der Waals surface area contributed by atoms with Crippen LogP contribution in [0.25, 0.3) is 0 Å². The third kappa shape index (κ3) is 3.52. The fourth-order valence-corrected chi connectivity index (χ4v) is 3.54. The van der Waals surface area contributed by atoms with Crippen LogP contribution in [0.4, 0.5) is 8.78 Å². The van der Waals surface area contributed by atoms with E-state index in [0.717, 1.165) is 8.45 Å². The molecule has 7 heteroatoms. The third-order valence-electron chi connectivity index (χ3n) is 2.74. The van der Waals surface area contributed by atoms with Crippen LogP contribution in [0.2, 0.25) is 0 Å². The lowest BCUT2D eigenvalue weighted by atomic mass is 10.0. The Bertz CT molecular complexity index is 591. The first-order valence-corrected chi connectivity index (χ1v) is 8.10. The second kappa shape index (κ2) is 6.57. The van der Waals surface area contributed by atoms with E-state index in [9.17, 15) is 8.78 Å². The van der Waals surface area contributed by atoms with Crippen LogP contribution in [0.15, 0.2) is 28.1 Å². The molecule has 0 radical (unpaired) electrons. The van der Waals surface area contributed by atoms with E-state index in [2.05, 4.69) is 43.9 Å². The molecular formula is C12H10BrF2IN2S. The second-order valence-electron chi connectivity index (χ2n) is 3.93. The van der Waals surface area contributed by atoms with Crippen LogP contribution in [-0.4, -0.2) is 0 Å². The van der Waals surface area contributed by atoms with Crippen molar-refractivity contribution in [2.45, 2.75) is 12.5 Å². The average Bonchev–Trinajstić information content (AvgIpc) is 2.81. The van der Waals surface area contributed by atoms with E-state index < -0.39 is 11.6 Å². The molecule has 0 amide bonds. The van der Waals surface area contributed by atoms with E-state index in [4.69, 9.17) is 5.84 Å². The van der Waals surface area contributed by atoms with Gasteiger partial charge in [0.25, 0.3) is 0 Å². The minimum absolute atomic E-state index is 0.0264. The Kier molecular flexibility index (Phi) is 5.29. The Hall–Kier alpha value is -0.0900. The van der Waals surface area contributed by atoms with Gasteiger partial charge in [0.15, 0.2) is 0 Å². The summed E-state index contributed by atoms with van der Waals surface area (Å²) in [4.78, 5) is 0. The number of hydrogen-bond donors (Lipinski definition) is 2. The highest BCUT2D eigenvalue weighted by Crippen LogP contribution is 2.28. The average molecular weight is 459 g/mol. The monoisotopic (exact) mass is 458 g/mol. The summed E-state index contributed by atoms with van der Waals surface area (Å²) in [5.74, 6) is 4.35. The maximum absolute atomic E-state index is 13.9. The Morgan fingerprint density at radius 1 is 1.42 bits per heavy atom. The van der Waals surface area contributed by atoms with Crippen LogP contribution >= 0.6 is 49.9 Å². The molecule has 2 aromatic rings. The largest absolute Gasteiger partial charge is 0.271 e. The molecule has 0 saturated carbocycles. The Morgan fingerprint density at radius 2 is 2.16 bits per heavy atom. The van der Waals surface area contributed by atoms with E-state index in [1.54, 1.807) is 11.3 Å². The molecule has 0 spiro atoms. The number of hydrazine groups is 1. The van der Waals surface area contributed by atoms with Crippen LogP contribution in [-0.2, 0) is 6.42 Å². The normalized spacial score (nSPS) is 12.7. The van der Waals surface area contributed by atoms with Gasteiger partial charge in [-0.2, -0.15) is 0 Å². The highest BCUT2D eigenvalue weighted by molar-refractivity contribution is 14.1. The number of thiophene rings is 1. The molecule has 0 aliphatic rings. The molecule has 0 fully saturated rings. The molecule has 2 rings (SSSR count). The number of rotatable bonds is 4.